The van der Waals surface area contributed by atoms with Crippen molar-refractivity contribution in [3.8, 4) is 0 Å². The molecule has 2 fully saturated rings. The third kappa shape index (κ3) is 3.53. The molecule has 2 N–H and O–H groups in total. The Bertz CT molecular complexity index is 836. The monoisotopic (exact) mass is 388 g/mol. The van der Waals surface area contributed by atoms with Gasteiger partial charge in [0.15, 0.2) is 5.13 Å². The molecule has 0 radical (unpaired) electrons. The Kier molecular flexibility index (Phi) is 4.82. The average molecular weight is 388 g/mol. The molecule has 0 aliphatic carbocycles. The fourth-order valence-electron chi connectivity index (χ4n) is 3.75. The van der Waals surface area contributed by atoms with Gasteiger partial charge in [0, 0.05) is 31.2 Å². The third-order valence-electron chi connectivity index (χ3n) is 5.24. The number of rotatable bonds is 5. The van der Waals surface area contributed by atoms with Gasteiger partial charge in [0.05, 0.1) is 5.41 Å². The lowest BCUT2D eigenvalue weighted by Crippen LogP contribution is -2.66. The highest BCUT2D eigenvalue weighted by molar-refractivity contribution is 7.13. The van der Waals surface area contributed by atoms with Crippen LogP contribution in [-0.2, 0) is 16.0 Å². The van der Waals surface area contributed by atoms with E-state index < -0.39 is 11.5 Å². The van der Waals surface area contributed by atoms with Crippen LogP contribution in [0.4, 0.5) is 9.52 Å². The summed E-state index contributed by atoms with van der Waals surface area (Å²) in [4.78, 5) is 31.5. The molecule has 1 aromatic heterocycles. The van der Waals surface area contributed by atoms with Crippen LogP contribution in [0, 0.1) is 11.2 Å². The van der Waals surface area contributed by atoms with Gasteiger partial charge in [-0.3, -0.25) is 9.59 Å². The zero-order valence-corrected chi connectivity index (χ0v) is 15.6. The first-order chi connectivity index (χ1) is 13.1. The number of anilines is 1. The minimum Gasteiger partial charge on any atom is -0.354 e. The second-order valence-corrected chi connectivity index (χ2v) is 8.05. The minimum absolute atomic E-state index is 0.147. The number of hydrogen-bond donors (Lipinski definition) is 2. The second-order valence-electron chi connectivity index (χ2n) is 7.18. The Morgan fingerprint density at radius 3 is 2.93 bits per heavy atom. The van der Waals surface area contributed by atoms with Crippen molar-refractivity contribution in [2.75, 3.05) is 24.5 Å². The van der Waals surface area contributed by atoms with E-state index in [0.29, 0.717) is 38.0 Å². The number of hydrogen-bond acceptors (Lipinski definition) is 5. The fourth-order valence-corrected chi connectivity index (χ4v) is 4.40. The lowest BCUT2D eigenvalue weighted by Gasteiger charge is -2.49. The van der Waals surface area contributed by atoms with Gasteiger partial charge in [-0.2, -0.15) is 0 Å². The van der Waals surface area contributed by atoms with Crippen LogP contribution in [0.25, 0.3) is 0 Å². The highest BCUT2D eigenvalue weighted by atomic mass is 32.1. The van der Waals surface area contributed by atoms with Gasteiger partial charge in [-0.25, -0.2) is 9.37 Å². The zero-order chi connectivity index (χ0) is 18.9. The number of nitrogens with zero attached hydrogens (tertiary/aromatic N) is 2. The predicted octanol–water partition coefficient (Wildman–Crippen LogP) is 1.73. The first kappa shape index (κ1) is 17.9. The zero-order valence-electron chi connectivity index (χ0n) is 14.8. The molecule has 3 heterocycles. The number of thiazole rings is 1. The molecule has 6 nitrogen and oxygen atoms in total. The molecule has 4 rings (SSSR count). The smallest absolute Gasteiger partial charge is 0.242 e. The predicted molar refractivity (Wildman–Crippen MR) is 101 cm³/mol. The molecular weight excluding hydrogens is 367 g/mol. The van der Waals surface area contributed by atoms with E-state index >= 15 is 0 Å². The summed E-state index contributed by atoms with van der Waals surface area (Å²) >= 11 is 1.51. The Morgan fingerprint density at radius 1 is 1.41 bits per heavy atom. The Labute approximate surface area is 160 Å². The first-order valence-electron chi connectivity index (χ1n) is 9.04. The van der Waals surface area contributed by atoms with Crippen molar-refractivity contribution in [2.45, 2.75) is 25.3 Å². The van der Waals surface area contributed by atoms with Gasteiger partial charge in [-0.05, 0) is 30.9 Å². The lowest BCUT2D eigenvalue weighted by molar-refractivity contribution is -0.137. The van der Waals surface area contributed by atoms with Crippen LogP contribution in [0.5, 0.6) is 0 Å². The number of halogens is 1. The molecule has 2 aliphatic heterocycles. The van der Waals surface area contributed by atoms with Gasteiger partial charge in [-0.15, -0.1) is 11.3 Å². The molecule has 1 unspecified atom stereocenters. The number of piperidine rings is 1. The Hall–Kier alpha value is -2.48. The van der Waals surface area contributed by atoms with E-state index in [1.54, 1.807) is 24.4 Å². The number of nitrogens with one attached hydrogen (secondary N) is 2. The lowest BCUT2D eigenvalue weighted by atomic mass is 9.73. The molecule has 2 aromatic rings. The molecule has 1 atom stereocenters. The third-order valence-corrected chi connectivity index (χ3v) is 6.07. The maximum Gasteiger partial charge on any atom is 0.242 e. The van der Waals surface area contributed by atoms with Gasteiger partial charge < -0.3 is 15.5 Å². The van der Waals surface area contributed by atoms with E-state index in [4.69, 9.17) is 0 Å². The van der Waals surface area contributed by atoms with Crippen molar-refractivity contribution < 1.29 is 14.0 Å². The normalized spacial score (nSPS) is 21.3. The molecule has 2 amide bonds. The number of carbonyl (C=O) groups is 2. The van der Waals surface area contributed by atoms with Crippen molar-refractivity contribution in [2.24, 2.45) is 5.41 Å². The van der Waals surface area contributed by atoms with Crippen LogP contribution in [0.15, 0.2) is 35.8 Å². The van der Waals surface area contributed by atoms with Crippen LogP contribution in [0.1, 0.15) is 18.4 Å². The summed E-state index contributed by atoms with van der Waals surface area (Å²) in [6, 6.07) is 6.02. The molecule has 0 spiro atoms. The van der Waals surface area contributed by atoms with Crippen molar-refractivity contribution in [3.05, 3.63) is 47.2 Å². The van der Waals surface area contributed by atoms with E-state index in [-0.39, 0.29) is 17.6 Å². The molecule has 8 heteroatoms. The summed E-state index contributed by atoms with van der Waals surface area (Å²) in [7, 11) is 0. The Balaban J connectivity index is 1.54. The molecule has 2 aliphatic rings. The average Bonchev–Trinajstić information content (AvgIpc) is 3.15. The van der Waals surface area contributed by atoms with E-state index in [2.05, 4.69) is 15.6 Å². The van der Waals surface area contributed by atoms with E-state index in [9.17, 15) is 14.0 Å². The molecular formula is C19H21FN4O2S. The van der Waals surface area contributed by atoms with Gasteiger partial charge >= 0.3 is 0 Å². The van der Waals surface area contributed by atoms with Gasteiger partial charge in [0.2, 0.25) is 11.8 Å². The summed E-state index contributed by atoms with van der Waals surface area (Å²) in [5.41, 5.74) is -0.259. The molecule has 142 valence electrons. The maximum absolute atomic E-state index is 14.2. The minimum atomic E-state index is -0.772. The van der Waals surface area contributed by atoms with Crippen molar-refractivity contribution in [1.82, 2.24) is 15.6 Å². The quantitative estimate of drug-likeness (QED) is 0.818. The van der Waals surface area contributed by atoms with Crippen molar-refractivity contribution >= 4 is 28.3 Å². The number of carbonyl (C=O) groups excluding carboxylic acids is 2. The van der Waals surface area contributed by atoms with E-state index in [1.807, 2.05) is 10.3 Å². The van der Waals surface area contributed by atoms with E-state index in [0.717, 1.165) is 11.6 Å². The van der Waals surface area contributed by atoms with Crippen LogP contribution in [0.2, 0.25) is 0 Å². The van der Waals surface area contributed by atoms with Crippen molar-refractivity contribution in [1.29, 1.82) is 0 Å². The summed E-state index contributed by atoms with van der Waals surface area (Å²) in [6.07, 6.45) is 3.48. The number of aromatic nitrogens is 1. The number of amides is 2. The van der Waals surface area contributed by atoms with Crippen LogP contribution in [0.3, 0.4) is 0 Å². The van der Waals surface area contributed by atoms with Crippen LogP contribution in [-0.4, -0.2) is 42.5 Å². The first-order valence-corrected chi connectivity index (χ1v) is 9.92. The maximum atomic E-state index is 14.2. The highest BCUT2D eigenvalue weighted by Crippen LogP contribution is 2.39. The van der Waals surface area contributed by atoms with Crippen LogP contribution >= 0.6 is 11.3 Å². The molecule has 1 aromatic carbocycles. The largest absolute Gasteiger partial charge is 0.354 e. The summed E-state index contributed by atoms with van der Waals surface area (Å²) < 4.78 is 14.2. The summed E-state index contributed by atoms with van der Waals surface area (Å²) in [5.74, 6) is -0.653. The van der Waals surface area contributed by atoms with Gasteiger partial charge in [0.25, 0.3) is 0 Å². The number of benzene rings is 1. The molecule has 27 heavy (non-hydrogen) atoms. The van der Waals surface area contributed by atoms with E-state index in [1.165, 1.54) is 17.4 Å². The highest BCUT2D eigenvalue weighted by Gasteiger charge is 2.51. The van der Waals surface area contributed by atoms with Gasteiger partial charge in [-0.1, -0.05) is 18.2 Å². The SMILES string of the molecule is O=C1NCCCC1NC(=O)C1(Cc2ccccc2F)CN(c2nccs2)C1. The molecule has 0 bridgehead atoms. The van der Waals surface area contributed by atoms with Crippen LogP contribution < -0.4 is 15.5 Å². The topological polar surface area (TPSA) is 74.3 Å². The van der Waals surface area contributed by atoms with Crippen molar-refractivity contribution in [3.63, 3.8) is 0 Å². The standard InChI is InChI=1S/C19H21FN4O2S/c20-14-5-2-1-4-13(14)10-19(11-24(12-19)18-22-8-9-27-18)17(26)23-15-6-3-7-21-16(15)25/h1-2,4-5,8-9,15H,3,6-7,10-12H2,(H,21,25)(H,23,26). The van der Waals surface area contributed by atoms with Gasteiger partial charge in [0.1, 0.15) is 11.9 Å². The Morgan fingerprint density at radius 2 is 2.22 bits per heavy atom. The summed E-state index contributed by atoms with van der Waals surface area (Å²) in [6.45, 7) is 1.55. The fraction of sp³-hybridized carbons (Fsp3) is 0.421. The summed E-state index contributed by atoms with van der Waals surface area (Å²) in [5, 5.41) is 8.42. The second kappa shape index (κ2) is 7.26. The molecule has 2 saturated heterocycles. The molecule has 0 saturated carbocycles.